The van der Waals surface area contributed by atoms with Crippen LogP contribution >= 0.6 is 11.8 Å². The normalized spacial score (nSPS) is 28.1. The van der Waals surface area contributed by atoms with Crippen molar-refractivity contribution in [2.24, 2.45) is 10.7 Å². The molecule has 1 saturated heterocycles. The van der Waals surface area contributed by atoms with Crippen LogP contribution in [0.4, 0.5) is 0 Å². The van der Waals surface area contributed by atoms with Crippen molar-refractivity contribution in [3.8, 4) is 0 Å². The number of nitrogens with one attached hydrogen (secondary N) is 1. The summed E-state index contributed by atoms with van der Waals surface area (Å²) >= 11 is 1.40. The molecule has 5 nitrogen and oxygen atoms in total. The number of rotatable bonds is 3. The number of hydrogen-bond acceptors (Lipinski definition) is 5. The SMILES string of the molecule is NC1=NC(=O)C(CCN2CCNCC2)S1. The van der Waals surface area contributed by atoms with E-state index in [0.29, 0.717) is 5.17 Å². The van der Waals surface area contributed by atoms with Crippen LogP contribution in [0.5, 0.6) is 0 Å². The average Bonchev–Trinajstić information content (AvgIpc) is 2.56. The van der Waals surface area contributed by atoms with E-state index >= 15 is 0 Å². The van der Waals surface area contributed by atoms with Crippen molar-refractivity contribution in [2.75, 3.05) is 32.7 Å². The number of aliphatic imine (C=N–C) groups is 1. The third-order valence-corrected chi connectivity index (χ3v) is 3.73. The first kappa shape index (κ1) is 10.9. The van der Waals surface area contributed by atoms with Crippen molar-refractivity contribution >= 4 is 22.8 Å². The minimum atomic E-state index is -0.0624. The van der Waals surface area contributed by atoms with E-state index in [-0.39, 0.29) is 11.2 Å². The van der Waals surface area contributed by atoms with Gasteiger partial charge < -0.3 is 16.0 Å². The van der Waals surface area contributed by atoms with Crippen LogP contribution in [0.1, 0.15) is 6.42 Å². The largest absolute Gasteiger partial charge is 0.378 e. The molecule has 1 amide bonds. The Morgan fingerprint density at radius 2 is 2.27 bits per heavy atom. The van der Waals surface area contributed by atoms with E-state index in [4.69, 9.17) is 5.73 Å². The van der Waals surface area contributed by atoms with Gasteiger partial charge in [0, 0.05) is 26.2 Å². The van der Waals surface area contributed by atoms with Crippen molar-refractivity contribution in [1.82, 2.24) is 10.2 Å². The van der Waals surface area contributed by atoms with Crippen LogP contribution in [0.3, 0.4) is 0 Å². The predicted molar refractivity (Wildman–Crippen MR) is 61.9 cm³/mol. The molecule has 2 rings (SSSR count). The molecule has 6 heteroatoms. The van der Waals surface area contributed by atoms with Crippen LogP contribution in [0.2, 0.25) is 0 Å². The lowest BCUT2D eigenvalue weighted by Gasteiger charge is -2.27. The highest BCUT2D eigenvalue weighted by atomic mass is 32.2. The number of carbonyl (C=O) groups excluding carboxylic acids is 1. The van der Waals surface area contributed by atoms with E-state index in [1.807, 2.05) is 0 Å². The van der Waals surface area contributed by atoms with E-state index in [1.54, 1.807) is 0 Å². The number of nitrogens with two attached hydrogens (primary N) is 1. The van der Waals surface area contributed by atoms with Crippen molar-refractivity contribution in [3.63, 3.8) is 0 Å². The summed E-state index contributed by atoms with van der Waals surface area (Å²) in [5.41, 5.74) is 5.49. The number of amides is 1. The standard InChI is InChI=1S/C9H16N4OS/c10-9-12-8(14)7(15-9)1-4-13-5-2-11-3-6-13/h7,11H,1-6H2,(H2,10,12,14). The Labute approximate surface area is 93.5 Å². The lowest BCUT2D eigenvalue weighted by Crippen LogP contribution is -2.44. The molecular formula is C9H16N4OS. The summed E-state index contributed by atoms with van der Waals surface area (Å²) in [6.45, 7) is 5.20. The quantitative estimate of drug-likeness (QED) is 0.664. The summed E-state index contributed by atoms with van der Waals surface area (Å²) in [5, 5.41) is 3.68. The zero-order valence-corrected chi connectivity index (χ0v) is 9.42. The van der Waals surface area contributed by atoms with Gasteiger partial charge in [0.25, 0.3) is 5.91 Å². The maximum atomic E-state index is 11.3. The molecule has 0 bridgehead atoms. The van der Waals surface area contributed by atoms with Gasteiger partial charge >= 0.3 is 0 Å². The van der Waals surface area contributed by atoms with Gasteiger partial charge in [0.2, 0.25) is 0 Å². The van der Waals surface area contributed by atoms with E-state index in [0.717, 1.165) is 39.1 Å². The second kappa shape index (κ2) is 4.96. The van der Waals surface area contributed by atoms with Crippen LogP contribution in [0.15, 0.2) is 4.99 Å². The van der Waals surface area contributed by atoms with E-state index < -0.39 is 0 Å². The van der Waals surface area contributed by atoms with Crippen LogP contribution in [0, 0.1) is 0 Å². The summed E-state index contributed by atoms with van der Waals surface area (Å²) < 4.78 is 0. The Hall–Kier alpha value is -0.590. The molecule has 0 aromatic rings. The average molecular weight is 228 g/mol. The first-order valence-corrected chi connectivity index (χ1v) is 6.11. The predicted octanol–water partition coefficient (Wildman–Crippen LogP) is -0.762. The first-order chi connectivity index (χ1) is 7.25. The highest BCUT2D eigenvalue weighted by Gasteiger charge is 2.27. The lowest BCUT2D eigenvalue weighted by atomic mass is 10.2. The number of amidine groups is 1. The second-order valence-electron chi connectivity index (χ2n) is 3.78. The number of piperazine rings is 1. The van der Waals surface area contributed by atoms with Crippen LogP contribution in [-0.4, -0.2) is 53.9 Å². The fraction of sp³-hybridized carbons (Fsp3) is 0.778. The van der Waals surface area contributed by atoms with Gasteiger partial charge in [0.1, 0.15) is 0 Å². The summed E-state index contributed by atoms with van der Waals surface area (Å²) in [5.74, 6) is -0.0624. The van der Waals surface area contributed by atoms with Crippen molar-refractivity contribution in [1.29, 1.82) is 0 Å². The monoisotopic (exact) mass is 228 g/mol. The second-order valence-corrected chi connectivity index (χ2v) is 5.00. The molecule has 2 aliphatic heterocycles. The molecule has 0 aromatic carbocycles. The van der Waals surface area contributed by atoms with Crippen LogP contribution in [0.25, 0.3) is 0 Å². The minimum absolute atomic E-state index is 0.0418. The highest BCUT2D eigenvalue weighted by molar-refractivity contribution is 8.15. The van der Waals surface area contributed by atoms with E-state index in [1.165, 1.54) is 11.8 Å². The third kappa shape index (κ3) is 2.93. The van der Waals surface area contributed by atoms with Gasteiger partial charge in [-0.05, 0) is 13.0 Å². The molecule has 15 heavy (non-hydrogen) atoms. The van der Waals surface area contributed by atoms with E-state index in [2.05, 4.69) is 15.2 Å². The third-order valence-electron chi connectivity index (χ3n) is 2.68. The topological polar surface area (TPSA) is 70.7 Å². The number of carbonyl (C=O) groups is 1. The Kier molecular flexibility index (Phi) is 3.61. The maximum Gasteiger partial charge on any atom is 0.261 e. The molecule has 1 fully saturated rings. The van der Waals surface area contributed by atoms with Gasteiger partial charge in [0.05, 0.1) is 5.25 Å². The van der Waals surface area contributed by atoms with Crippen molar-refractivity contribution in [3.05, 3.63) is 0 Å². The fourth-order valence-electron chi connectivity index (χ4n) is 1.82. The first-order valence-electron chi connectivity index (χ1n) is 5.23. The molecule has 0 spiro atoms. The Morgan fingerprint density at radius 1 is 1.53 bits per heavy atom. The zero-order chi connectivity index (χ0) is 10.7. The lowest BCUT2D eigenvalue weighted by molar-refractivity contribution is -0.117. The van der Waals surface area contributed by atoms with Crippen LogP contribution < -0.4 is 11.1 Å². The van der Waals surface area contributed by atoms with Gasteiger partial charge in [-0.25, -0.2) is 0 Å². The Bertz CT molecular complexity index is 275. The Balaban J connectivity index is 1.72. The summed E-state index contributed by atoms with van der Waals surface area (Å²) in [7, 11) is 0. The molecular weight excluding hydrogens is 212 g/mol. The summed E-state index contributed by atoms with van der Waals surface area (Å²) in [4.78, 5) is 17.4. The van der Waals surface area contributed by atoms with Gasteiger partial charge in [-0.2, -0.15) is 4.99 Å². The smallest absolute Gasteiger partial charge is 0.261 e. The van der Waals surface area contributed by atoms with Gasteiger partial charge in [-0.1, -0.05) is 11.8 Å². The molecule has 84 valence electrons. The van der Waals surface area contributed by atoms with Gasteiger partial charge in [-0.15, -0.1) is 0 Å². The Morgan fingerprint density at radius 3 is 2.87 bits per heavy atom. The zero-order valence-electron chi connectivity index (χ0n) is 8.61. The van der Waals surface area contributed by atoms with Crippen LogP contribution in [-0.2, 0) is 4.79 Å². The highest BCUT2D eigenvalue weighted by Crippen LogP contribution is 2.22. The molecule has 2 aliphatic rings. The molecule has 3 N–H and O–H groups in total. The molecule has 2 heterocycles. The fourth-order valence-corrected chi connectivity index (χ4v) is 2.63. The molecule has 0 aromatic heterocycles. The van der Waals surface area contributed by atoms with Gasteiger partial charge in [-0.3, -0.25) is 4.79 Å². The molecule has 0 aliphatic carbocycles. The number of nitrogens with zero attached hydrogens (tertiary/aromatic N) is 2. The summed E-state index contributed by atoms with van der Waals surface area (Å²) in [6, 6.07) is 0. The van der Waals surface area contributed by atoms with E-state index in [9.17, 15) is 4.79 Å². The molecule has 1 atom stereocenters. The number of thioether (sulfide) groups is 1. The summed E-state index contributed by atoms with van der Waals surface area (Å²) in [6.07, 6.45) is 0.855. The molecule has 0 saturated carbocycles. The molecule has 0 radical (unpaired) electrons. The van der Waals surface area contributed by atoms with Crippen molar-refractivity contribution in [2.45, 2.75) is 11.7 Å². The van der Waals surface area contributed by atoms with Crippen molar-refractivity contribution < 1.29 is 4.79 Å². The minimum Gasteiger partial charge on any atom is -0.378 e. The number of hydrogen-bond donors (Lipinski definition) is 2. The van der Waals surface area contributed by atoms with Gasteiger partial charge in [0.15, 0.2) is 5.17 Å². The molecule has 1 unspecified atom stereocenters. The maximum absolute atomic E-state index is 11.3.